The van der Waals surface area contributed by atoms with Gasteiger partial charge in [-0.05, 0) is 71.1 Å². The number of hydrogen-bond donors (Lipinski definition) is 0. The fraction of sp³-hybridized carbons (Fsp3) is 0.152. The van der Waals surface area contributed by atoms with Crippen LogP contribution in [-0.4, -0.2) is 9.13 Å². The van der Waals surface area contributed by atoms with Crippen molar-refractivity contribution in [3.05, 3.63) is 132 Å². The lowest BCUT2D eigenvalue weighted by Crippen LogP contribution is -2.33. The Morgan fingerprint density at radius 2 is 0.914 bits per heavy atom. The molecule has 4 aromatic carbocycles. The van der Waals surface area contributed by atoms with Crippen molar-refractivity contribution in [2.24, 2.45) is 0 Å². The lowest BCUT2D eigenvalue weighted by atomic mass is 9.72. The van der Waals surface area contributed by atoms with Crippen LogP contribution in [0.1, 0.15) is 36.4 Å². The van der Waals surface area contributed by atoms with Gasteiger partial charge in [-0.15, -0.1) is 0 Å². The monoisotopic (exact) mass is 452 g/mol. The molecule has 0 saturated heterocycles. The van der Waals surface area contributed by atoms with E-state index < -0.39 is 5.41 Å². The first-order chi connectivity index (χ1) is 17.3. The lowest BCUT2D eigenvalue weighted by molar-refractivity contribution is 0.595. The smallest absolute Gasteiger partial charge is 0.102 e. The Kier molecular flexibility index (Phi) is 4.35. The van der Waals surface area contributed by atoms with Gasteiger partial charge in [0.2, 0.25) is 0 Å². The summed E-state index contributed by atoms with van der Waals surface area (Å²) in [7, 11) is 0. The van der Waals surface area contributed by atoms with Crippen molar-refractivity contribution in [2.75, 3.05) is 0 Å². The zero-order valence-corrected chi connectivity index (χ0v) is 20.2. The Morgan fingerprint density at radius 3 is 1.37 bits per heavy atom. The molecule has 0 radical (unpaired) electrons. The van der Waals surface area contributed by atoms with Gasteiger partial charge < -0.3 is 9.13 Å². The molecule has 35 heavy (non-hydrogen) atoms. The van der Waals surface area contributed by atoms with Crippen LogP contribution in [0.25, 0.3) is 32.9 Å². The molecule has 0 amide bonds. The highest BCUT2D eigenvalue weighted by Gasteiger charge is 2.49. The molecular weight excluding hydrogens is 424 g/mol. The van der Waals surface area contributed by atoms with Gasteiger partial charge in [0.25, 0.3) is 0 Å². The molecule has 2 aromatic heterocycles. The molecule has 0 unspecified atom stereocenters. The molecule has 1 aliphatic rings. The van der Waals surface area contributed by atoms with Crippen molar-refractivity contribution >= 4 is 21.8 Å². The van der Waals surface area contributed by atoms with Gasteiger partial charge in [0.15, 0.2) is 0 Å². The number of hydrogen-bond acceptors (Lipinski definition) is 0. The third-order valence-corrected chi connectivity index (χ3v) is 7.97. The number of aromatic nitrogens is 2. The van der Waals surface area contributed by atoms with E-state index in [4.69, 9.17) is 0 Å². The summed E-state index contributed by atoms with van der Waals surface area (Å²) in [6, 6.07) is 40.6. The number of aryl methyl sites for hydroxylation is 2. The molecule has 0 aliphatic heterocycles. The molecule has 2 heteroatoms. The molecular formula is C33H28N2. The quantitative estimate of drug-likeness (QED) is 0.256. The maximum Gasteiger partial charge on any atom is 0.102 e. The third-order valence-electron chi connectivity index (χ3n) is 7.97. The minimum absolute atomic E-state index is 0.406. The van der Waals surface area contributed by atoms with E-state index >= 15 is 0 Å². The Balaban J connectivity index is 1.73. The third kappa shape index (κ3) is 2.54. The van der Waals surface area contributed by atoms with Crippen molar-refractivity contribution in [3.63, 3.8) is 0 Å². The van der Waals surface area contributed by atoms with Gasteiger partial charge in [-0.1, -0.05) is 84.9 Å². The molecule has 6 aromatic rings. The molecule has 0 fully saturated rings. The van der Waals surface area contributed by atoms with Gasteiger partial charge in [-0.3, -0.25) is 0 Å². The molecule has 2 heterocycles. The topological polar surface area (TPSA) is 9.86 Å². The van der Waals surface area contributed by atoms with Crippen LogP contribution in [0.2, 0.25) is 0 Å². The summed E-state index contributed by atoms with van der Waals surface area (Å²) >= 11 is 0. The minimum Gasteiger partial charge on any atom is -0.343 e. The van der Waals surface area contributed by atoms with Crippen molar-refractivity contribution in [2.45, 2.75) is 32.4 Å². The number of benzene rings is 4. The van der Waals surface area contributed by atoms with Crippen LogP contribution in [0.4, 0.5) is 0 Å². The average Bonchev–Trinajstić information content (AvgIpc) is 3.57. The van der Waals surface area contributed by atoms with Crippen LogP contribution in [0.15, 0.2) is 109 Å². The van der Waals surface area contributed by atoms with E-state index in [0.29, 0.717) is 0 Å². The predicted molar refractivity (Wildman–Crippen MR) is 146 cm³/mol. The van der Waals surface area contributed by atoms with Gasteiger partial charge in [-0.2, -0.15) is 0 Å². The Labute approximate surface area is 206 Å². The largest absolute Gasteiger partial charge is 0.343 e. The summed E-state index contributed by atoms with van der Waals surface area (Å²) in [5.74, 6) is 0. The van der Waals surface area contributed by atoms with Crippen LogP contribution in [0.5, 0.6) is 0 Å². The summed E-state index contributed by atoms with van der Waals surface area (Å²) in [5.41, 5.74) is 10.3. The number of fused-ring (bicyclic) bond motifs is 5. The first-order valence-electron chi connectivity index (χ1n) is 12.7. The molecule has 1 aliphatic carbocycles. The Bertz CT molecular complexity index is 1600. The molecule has 0 N–H and O–H groups in total. The van der Waals surface area contributed by atoms with E-state index in [-0.39, 0.29) is 0 Å². The van der Waals surface area contributed by atoms with E-state index in [2.05, 4.69) is 132 Å². The van der Waals surface area contributed by atoms with Gasteiger partial charge in [-0.25, -0.2) is 0 Å². The van der Waals surface area contributed by atoms with Crippen LogP contribution in [0, 0.1) is 0 Å². The summed E-state index contributed by atoms with van der Waals surface area (Å²) in [4.78, 5) is 0. The zero-order valence-electron chi connectivity index (χ0n) is 20.2. The molecule has 170 valence electrons. The second-order valence-corrected chi connectivity index (χ2v) is 9.51. The fourth-order valence-electron chi connectivity index (χ4n) is 6.64. The Hall–Kier alpha value is -4.04. The summed E-state index contributed by atoms with van der Waals surface area (Å²) < 4.78 is 5.07. The highest BCUT2D eigenvalue weighted by atomic mass is 15.0. The maximum atomic E-state index is 2.53. The number of para-hydroxylation sites is 2. The van der Waals surface area contributed by atoms with Crippen molar-refractivity contribution in [1.29, 1.82) is 0 Å². The van der Waals surface area contributed by atoms with Crippen molar-refractivity contribution in [3.8, 4) is 11.1 Å². The van der Waals surface area contributed by atoms with Crippen LogP contribution in [0.3, 0.4) is 0 Å². The van der Waals surface area contributed by atoms with Crippen molar-refractivity contribution in [1.82, 2.24) is 9.13 Å². The summed E-state index contributed by atoms with van der Waals surface area (Å²) in [6.45, 7) is 6.38. The van der Waals surface area contributed by atoms with E-state index in [1.807, 2.05) is 0 Å². The van der Waals surface area contributed by atoms with E-state index in [9.17, 15) is 0 Å². The highest BCUT2D eigenvalue weighted by molar-refractivity contribution is 5.91. The fourth-order valence-corrected chi connectivity index (χ4v) is 6.64. The standard InChI is InChI=1S/C33H28N2/c1-3-34-29-19-11-5-13-23(29)21-31(34)33(32-22-24-14-6-12-20-30(24)35(32)4-2)27-17-9-7-15-25(27)26-16-8-10-18-28(26)33/h5-22H,3-4H2,1-2H3. The second kappa shape index (κ2) is 7.48. The number of nitrogens with zero attached hydrogens (tertiary/aromatic N) is 2. The zero-order chi connectivity index (χ0) is 23.6. The molecule has 2 nitrogen and oxygen atoms in total. The lowest BCUT2D eigenvalue weighted by Gasteiger charge is -2.35. The van der Waals surface area contributed by atoms with Crippen LogP contribution >= 0.6 is 0 Å². The average molecular weight is 453 g/mol. The molecule has 7 rings (SSSR count). The Morgan fingerprint density at radius 1 is 0.514 bits per heavy atom. The highest BCUT2D eigenvalue weighted by Crippen LogP contribution is 2.57. The molecule has 0 atom stereocenters. The second-order valence-electron chi connectivity index (χ2n) is 9.51. The molecule has 0 bridgehead atoms. The van der Waals surface area contributed by atoms with Gasteiger partial charge in [0.1, 0.15) is 5.41 Å². The normalized spacial score (nSPS) is 13.9. The van der Waals surface area contributed by atoms with E-state index in [1.54, 1.807) is 0 Å². The number of rotatable bonds is 4. The van der Waals surface area contributed by atoms with Gasteiger partial charge in [0.05, 0.1) is 0 Å². The summed E-state index contributed by atoms with van der Waals surface area (Å²) in [6.07, 6.45) is 0. The van der Waals surface area contributed by atoms with E-state index in [0.717, 1.165) is 13.1 Å². The first kappa shape index (κ1) is 20.3. The van der Waals surface area contributed by atoms with Gasteiger partial charge >= 0.3 is 0 Å². The first-order valence-corrected chi connectivity index (χ1v) is 12.7. The van der Waals surface area contributed by atoms with Gasteiger partial charge in [0, 0.05) is 35.5 Å². The van der Waals surface area contributed by atoms with E-state index in [1.165, 1.54) is 55.4 Å². The predicted octanol–water partition coefficient (Wildman–Crippen LogP) is 8.00. The van der Waals surface area contributed by atoms with Crippen LogP contribution < -0.4 is 0 Å². The summed E-state index contributed by atoms with van der Waals surface area (Å²) in [5, 5.41) is 2.59. The molecule has 0 spiro atoms. The molecule has 0 saturated carbocycles. The van der Waals surface area contributed by atoms with Crippen LogP contribution in [-0.2, 0) is 18.5 Å². The maximum absolute atomic E-state index is 2.53. The SMILES string of the molecule is CCn1c(C2(c3cc4ccccc4n3CC)c3ccccc3-c3ccccc32)cc2ccccc21. The minimum atomic E-state index is -0.406. The van der Waals surface area contributed by atoms with Crippen molar-refractivity contribution < 1.29 is 0 Å².